The van der Waals surface area contributed by atoms with Crippen LogP contribution in [0.1, 0.15) is 59.5 Å². The van der Waals surface area contributed by atoms with Crippen LogP contribution in [0.4, 0.5) is 5.82 Å². The summed E-state index contributed by atoms with van der Waals surface area (Å²) in [4.78, 5) is 24.4. The number of aromatic nitrogens is 2. The summed E-state index contributed by atoms with van der Waals surface area (Å²) >= 11 is 0. The number of piperidine rings is 1. The number of hydrogen-bond acceptors (Lipinski definition) is 4. The predicted molar refractivity (Wildman–Crippen MR) is 107 cm³/mol. The zero-order valence-electron chi connectivity index (χ0n) is 16.1. The van der Waals surface area contributed by atoms with Crippen LogP contribution in [0.3, 0.4) is 0 Å². The Hall–Kier alpha value is -2.43. The highest BCUT2D eigenvalue weighted by Gasteiger charge is 2.28. The van der Waals surface area contributed by atoms with E-state index in [4.69, 9.17) is 9.97 Å². The van der Waals surface area contributed by atoms with E-state index in [0.717, 1.165) is 43.0 Å². The molecule has 0 bridgehead atoms. The second kappa shape index (κ2) is 8.07. The molecule has 1 atom stereocenters. The van der Waals surface area contributed by atoms with E-state index in [9.17, 15) is 4.79 Å². The molecule has 2 aliphatic rings. The molecule has 1 aromatic heterocycles. The molecule has 1 fully saturated rings. The number of amides is 1. The topological polar surface area (TPSA) is 58.1 Å². The Morgan fingerprint density at radius 1 is 1.11 bits per heavy atom. The van der Waals surface area contributed by atoms with Gasteiger partial charge >= 0.3 is 0 Å². The van der Waals surface area contributed by atoms with Crippen LogP contribution in [-0.4, -0.2) is 35.0 Å². The van der Waals surface area contributed by atoms with Crippen molar-refractivity contribution in [3.05, 3.63) is 53.0 Å². The molecule has 1 saturated heterocycles. The van der Waals surface area contributed by atoms with Gasteiger partial charge in [-0.25, -0.2) is 9.97 Å². The third-order valence-corrected chi connectivity index (χ3v) is 5.71. The number of aryl methyl sites for hydroxylation is 2. The Balaban J connectivity index is 1.53. The summed E-state index contributed by atoms with van der Waals surface area (Å²) in [6, 6.07) is 9.75. The lowest BCUT2D eigenvalue weighted by Gasteiger charge is -2.38. The van der Waals surface area contributed by atoms with Gasteiger partial charge in [0.2, 0.25) is 0 Å². The number of carbonyl (C=O) groups is 1. The molecule has 0 spiro atoms. The molecule has 2 heterocycles. The number of benzene rings is 1. The lowest BCUT2D eigenvalue weighted by Crippen LogP contribution is -2.47. The Morgan fingerprint density at radius 2 is 1.93 bits per heavy atom. The summed E-state index contributed by atoms with van der Waals surface area (Å²) in [5.41, 5.74) is 3.30. The van der Waals surface area contributed by atoms with E-state index in [2.05, 4.69) is 10.2 Å². The molecule has 1 aliphatic heterocycles. The molecule has 5 heteroatoms. The summed E-state index contributed by atoms with van der Waals surface area (Å²) in [6.07, 6.45) is 8.05. The van der Waals surface area contributed by atoms with E-state index in [-0.39, 0.29) is 5.91 Å². The molecular weight excluding hydrogens is 336 g/mol. The molecule has 5 nitrogen and oxygen atoms in total. The largest absolute Gasteiger partial charge is 0.352 e. The van der Waals surface area contributed by atoms with Crippen LogP contribution in [0.15, 0.2) is 30.3 Å². The van der Waals surface area contributed by atoms with Gasteiger partial charge in [0, 0.05) is 36.0 Å². The zero-order chi connectivity index (χ0) is 18.6. The molecule has 2 aromatic rings. The summed E-state index contributed by atoms with van der Waals surface area (Å²) in [6.45, 7) is 3.66. The monoisotopic (exact) mass is 364 g/mol. The summed E-state index contributed by atoms with van der Waals surface area (Å²) < 4.78 is 0. The Bertz CT molecular complexity index is 805. The molecule has 4 rings (SSSR count). The number of rotatable bonds is 4. The van der Waals surface area contributed by atoms with E-state index < -0.39 is 0 Å². The third-order valence-electron chi connectivity index (χ3n) is 5.71. The summed E-state index contributed by atoms with van der Waals surface area (Å²) in [5.74, 6) is 1.99. The summed E-state index contributed by atoms with van der Waals surface area (Å²) in [7, 11) is 0. The van der Waals surface area contributed by atoms with Gasteiger partial charge in [0.1, 0.15) is 11.6 Å². The maximum Gasteiger partial charge on any atom is 0.251 e. The van der Waals surface area contributed by atoms with Crippen molar-refractivity contribution in [3.63, 3.8) is 0 Å². The average molecular weight is 364 g/mol. The van der Waals surface area contributed by atoms with Crippen LogP contribution in [-0.2, 0) is 12.8 Å². The molecule has 0 saturated carbocycles. The van der Waals surface area contributed by atoms with Crippen molar-refractivity contribution in [3.8, 4) is 0 Å². The Kier molecular flexibility index (Phi) is 5.37. The first-order chi connectivity index (χ1) is 13.2. The molecule has 0 radical (unpaired) electrons. The van der Waals surface area contributed by atoms with Crippen LogP contribution in [0, 0.1) is 6.92 Å². The van der Waals surface area contributed by atoms with E-state index in [1.165, 1.54) is 36.9 Å². The Morgan fingerprint density at radius 3 is 2.78 bits per heavy atom. The number of hydrogen-bond donors (Lipinski definition) is 1. The standard InChI is InChI=1S/C22H28N4O/c1-16-24-20-13-6-5-12-19(20)21(25-16)26-14-8-7-11-18(26)15-23-22(27)17-9-3-2-4-10-17/h2-4,9-10,18H,5-8,11-15H2,1H3,(H,23,27). The van der Waals surface area contributed by atoms with Crippen LogP contribution in [0.2, 0.25) is 0 Å². The molecule has 27 heavy (non-hydrogen) atoms. The normalized spacial score (nSPS) is 19.4. The van der Waals surface area contributed by atoms with Crippen molar-refractivity contribution >= 4 is 11.7 Å². The first-order valence-corrected chi connectivity index (χ1v) is 10.2. The van der Waals surface area contributed by atoms with Crippen molar-refractivity contribution in [1.82, 2.24) is 15.3 Å². The highest BCUT2D eigenvalue weighted by Crippen LogP contribution is 2.31. The predicted octanol–water partition coefficient (Wildman–Crippen LogP) is 3.45. The quantitative estimate of drug-likeness (QED) is 0.903. The van der Waals surface area contributed by atoms with Gasteiger partial charge < -0.3 is 10.2 Å². The molecule has 1 amide bonds. The van der Waals surface area contributed by atoms with Crippen molar-refractivity contribution < 1.29 is 4.79 Å². The van der Waals surface area contributed by atoms with Gasteiger partial charge in [-0.3, -0.25) is 4.79 Å². The fourth-order valence-corrected chi connectivity index (χ4v) is 4.33. The van der Waals surface area contributed by atoms with Crippen LogP contribution in [0.5, 0.6) is 0 Å². The van der Waals surface area contributed by atoms with Gasteiger partial charge in [-0.05, 0) is 64.0 Å². The van der Waals surface area contributed by atoms with E-state index in [1.54, 1.807) is 0 Å². The van der Waals surface area contributed by atoms with Gasteiger partial charge in [0.15, 0.2) is 0 Å². The number of nitrogens with zero attached hydrogens (tertiary/aromatic N) is 3. The molecular formula is C22H28N4O. The minimum absolute atomic E-state index is 0.00187. The van der Waals surface area contributed by atoms with Gasteiger partial charge in [0.25, 0.3) is 5.91 Å². The SMILES string of the molecule is Cc1nc2c(c(N3CCCCC3CNC(=O)c3ccccc3)n1)CCCC2. The van der Waals surface area contributed by atoms with Gasteiger partial charge in [-0.2, -0.15) is 0 Å². The van der Waals surface area contributed by atoms with E-state index >= 15 is 0 Å². The first kappa shape index (κ1) is 18.0. The minimum Gasteiger partial charge on any atom is -0.352 e. The van der Waals surface area contributed by atoms with Crippen molar-refractivity contribution in [2.75, 3.05) is 18.0 Å². The molecule has 1 N–H and O–H groups in total. The third kappa shape index (κ3) is 3.97. The smallest absolute Gasteiger partial charge is 0.251 e. The fourth-order valence-electron chi connectivity index (χ4n) is 4.33. The van der Waals surface area contributed by atoms with Crippen molar-refractivity contribution in [1.29, 1.82) is 0 Å². The second-order valence-corrected chi connectivity index (χ2v) is 7.65. The lowest BCUT2D eigenvalue weighted by atomic mass is 9.94. The fraction of sp³-hybridized carbons (Fsp3) is 0.500. The maximum absolute atomic E-state index is 12.5. The number of fused-ring (bicyclic) bond motifs is 1. The maximum atomic E-state index is 12.5. The van der Waals surface area contributed by atoms with E-state index in [0.29, 0.717) is 12.6 Å². The molecule has 1 aliphatic carbocycles. The van der Waals surface area contributed by atoms with Gasteiger partial charge in [0.05, 0.1) is 0 Å². The van der Waals surface area contributed by atoms with Crippen molar-refractivity contribution in [2.45, 2.75) is 57.9 Å². The Labute approximate surface area is 161 Å². The highest BCUT2D eigenvalue weighted by atomic mass is 16.1. The highest BCUT2D eigenvalue weighted by molar-refractivity contribution is 5.94. The lowest BCUT2D eigenvalue weighted by molar-refractivity contribution is 0.0949. The van der Waals surface area contributed by atoms with Crippen molar-refractivity contribution in [2.24, 2.45) is 0 Å². The number of nitrogens with one attached hydrogen (secondary N) is 1. The van der Waals surface area contributed by atoms with E-state index in [1.807, 2.05) is 37.3 Å². The second-order valence-electron chi connectivity index (χ2n) is 7.65. The first-order valence-electron chi connectivity index (χ1n) is 10.2. The zero-order valence-corrected chi connectivity index (χ0v) is 16.1. The van der Waals surface area contributed by atoms with Crippen LogP contribution in [0.25, 0.3) is 0 Å². The minimum atomic E-state index is 0.00187. The van der Waals surface area contributed by atoms with Gasteiger partial charge in [-0.15, -0.1) is 0 Å². The molecule has 142 valence electrons. The number of anilines is 1. The van der Waals surface area contributed by atoms with Gasteiger partial charge in [-0.1, -0.05) is 18.2 Å². The number of carbonyl (C=O) groups excluding carboxylic acids is 1. The average Bonchev–Trinajstić information content (AvgIpc) is 2.72. The molecule has 1 aromatic carbocycles. The summed E-state index contributed by atoms with van der Waals surface area (Å²) in [5, 5.41) is 3.14. The van der Waals surface area contributed by atoms with Crippen LogP contribution >= 0.6 is 0 Å². The van der Waals surface area contributed by atoms with Crippen LogP contribution < -0.4 is 10.2 Å². The molecule has 1 unspecified atom stereocenters.